The maximum absolute atomic E-state index is 13.1. The SMILES string of the molecule is CCCC/C=C/CC/C=C/C(O)C(COC1OC(CO)C(O)C(OS(=O)(=O)O)C1O)NC(=O)C(O)CCCCCCCCCC/C=C\C/C=C\CCCCCCCCCCC. The van der Waals surface area contributed by atoms with Gasteiger partial charge in [-0.25, -0.2) is 4.18 Å². The van der Waals surface area contributed by atoms with Gasteiger partial charge in [-0.05, 0) is 57.8 Å². The molecular formula is C47H85NO12S. The summed E-state index contributed by atoms with van der Waals surface area (Å²) in [6, 6.07) is -1.14. The summed E-state index contributed by atoms with van der Waals surface area (Å²) >= 11 is 0. The molecule has 0 saturated carbocycles. The molecule has 0 aliphatic carbocycles. The quantitative estimate of drug-likeness (QED) is 0.0177. The topological polar surface area (TPSA) is 212 Å². The first-order valence-electron chi connectivity index (χ1n) is 23.6. The molecular weight excluding hydrogens is 803 g/mol. The number of ether oxygens (including phenoxy) is 2. The largest absolute Gasteiger partial charge is 0.397 e. The molecule has 0 spiro atoms. The number of hydrogen-bond acceptors (Lipinski definition) is 11. The maximum atomic E-state index is 13.1. The Labute approximate surface area is 369 Å². The van der Waals surface area contributed by atoms with Crippen LogP contribution >= 0.6 is 0 Å². The molecule has 0 aromatic carbocycles. The maximum Gasteiger partial charge on any atom is 0.397 e. The molecule has 1 aliphatic rings. The van der Waals surface area contributed by atoms with Crippen LogP contribution in [0.3, 0.4) is 0 Å². The van der Waals surface area contributed by atoms with Crippen molar-refractivity contribution in [2.75, 3.05) is 13.2 Å². The van der Waals surface area contributed by atoms with Crippen LogP contribution in [0.15, 0.2) is 48.6 Å². The fraction of sp³-hybridized carbons (Fsp3) is 0.809. The van der Waals surface area contributed by atoms with Crippen LogP contribution in [0.1, 0.15) is 181 Å². The van der Waals surface area contributed by atoms with E-state index in [0.29, 0.717) is 12.8 Å². The Balaban J connectivity index is 2.42. The summed E-state index contributed by atoms with van der Waals surface area (Å²) in [5.74, 6) is -0.722. The number of hydrogen-bond donors (Lipinski definition) is 7. The molecule has 8 unspecified atom stereocenters. The molecule has 1 saturated heterocycles. The second-order valence-electron chi connectivity index (χ2n) is 16.5. The van der Waals surface area contributed by atoms with E-state index in [1.807, 2.05) is 0 Å². The third-order valence-electron chi connectivity index (χ3n) is 10.9. The van der Waals surface area contributed by atoms with E-state index in [1.54, 1.807) is 6.08 Å². The normalized spacial score (nSPS) is 21.6. The number of carbonyl (C=O) groups excluding carboxylic acids is 1. The zero-order valence-corrected chi connectivity index (χ0v) is 38.4. The van der Waals surface area contributed by atoms with Crippen molar-refractivity contribution in [1.82, 2.24) is 5.32 Å². The number of unbranched alkanes of at least 4 members (excludes halogenated alkanes) is 20. The average Bonchev–Trinajstić information content (AvgIpc) is 3.23. The number of allylic oxidation sites excluding steroid dienone is 7. The lowest BCUT2D eigenvalue weighted by atomic mass is 9.99. The lowest BCUT2D eigenvalue weighted by molar-refractivity contribution is -0.298. The number of rotatable bonds is 39. The van der Waals surface area contributed by atoms with E-state index in [-0.39, 0.29) is 6.42 Å². The van der Waals surface area contributed by atoms with E-state index in [1.165, 1.54) is 89.5 Å². The van der Waals surface area contributed by atoms with Crippen molar-refractivity contribution in [1.29, 1.82) is 0 Å². The molecule has 14 heteroatoms. The zero-order valence-electron chi connectivity index (χ0n) is 37.6. The summed E-state index contributed by atoms with van der Waals surface area (Å²) in [6.45, 7) is 3.10. The van der Waals surface area contributed by atoms with Crippen molar-refractivity contribution in [2.45, 2.75) is 230 Å². The highest BCUT2D eigenvalue weighted by Gasteiger charge is 2.48. The van der Waals surface area contributed by atoms with Crippen LogP contribution in [0.5, 0.6) is 0 Å². The van der Waals surface area contributed by atoms with Gasteiger partial charge in [0.15, 0.2) is 6.29 Å². The van der Waals surface area contributed by atoms with Gasteiger partial charge in [0.2, 0.25) is 5.91 Å². The summed E-state index contributed by atoms with van der Waals surface area (Å²) in [4.78, 5) is 13.1. The molecule has 8 atom stereocenters. The molecule has 1 amide bonds. The molecule has 1 aliphatic heterocycles. The Bertz CT molecular complexity index is 1290. The molecule has 0 radical (unpaired) electrons. The second-order valence-corrected chi connectivity index (χ2v) is 17.5. The molecule has 0 bridgehead atoms. The molecule has 61 heavy (non-hydrogen) atoms. The molecule has 0 aromatic rings. The van der Waals surface area contributed by atoms with E-state index >= 15 is 0 Å². The van der Waals surface area contributed by atoms with Gasteiger partial charge >= 0.3 is 10.4 Å². The molecule has 0 aromatic heterocycles. The molecule has 13 nitrogen and oxygen atoms in total. The van der Waals surface area contributed by atoms with Crippen LogP contribution in [0.25, 0.3) is 0 Å². The molecule has 1 fully saturated rings. The van der Waals surface area contributed by atoms with Crippen molar-refractivity contribution >= 4 is 16.3 Å². The molecule has 7 N–H and O–H groups in total. The Hall–Kier alpha value is -1.98. The minimum absolute atomic E-state index is 0.228. The van der Waals surface area contributed by atoms with E-state index in [4.69, 9.17) is 14.0 Å². The summed E-state index contributed by atoms with van der Waals surface area (Å²) in [5.41, 5.74) is 0. The van der Waals surface area contributed by atoms with Crippen LogP contribution in [-0.2, 0) is 28.9 Å². The van der Waals surface area contributed by atoms with Crippen LogP contribution in [0.2, 0.25) is 0 Å². The molecule has 1 rings (SSSR count). The van der Waals surface area contributed by atoms with E-state index in [2.05, 4.69) is 59.8 Å². The lowest BCUT2D eigenvalue weighted by Crippen LogP contribution is -2.61. The number of aliphatic hydroxyl groups excluding tert-OH is 5. The van der Waals surface area contributed by atoms with Gasteiger partial charge in [0, 0.05) is 0 Å². The van der Waals surface area contributed by atoms with E-state index in [9.17, 15) is 38.7 Å². The minimum Gasteiger partial charge on any atom is -0.394 e. The van der Waals surface area contributed by atoms with Crippen molar-refractivity contribution in [3.8, 4) is 0 Å². The van der Waals surface area contributed by atoms with Gasteiger partial charge in [-0.3, -0.25) is 9.35 Å². The highest BCUT2D eigenvalue weighted by atomic mass is 32.3. The lowest BCUT2D eigenvalue weighted by Gasteiger charge is -2.41. The number of aliphatic hydroxyl groups is 5. The van der Waals surface area contributed by atoms with Gasteiger partial charge in [-0.1, -0.05) is 172 Å². The highest BCUT2D eigenvalue weighted by molar-refractivity contribution is 7.80. The first-order valence-corrected chi connectivity index (χ1v) is 25.0. The van der Waals surface area contributed by atoms with Gasteiger partial charge in [-0.2, -0.15) is 8.42 Å². The smallest absolute Gasteiger partial charge is 0.394 e. The van der Waals surface area contributed by atoms with E-state index in [0.717, 1.165) is 64.2 Å². The van der Waals surface area contributed by atoms with E-state index < -0.39 is 78.5 Å². The van der Waals surface area contributed by atoms with Crippen LogP contribution < -0.4 is 5.32 Å². The van der Waals surface area contributed by atoms with Crippen molar-refractivity contribution in [2.24, 2.45) is 0 Å². The first kappa shape index (κ1) is 57.0. The Morgan fingerprint density at radius 2 is 1.16 bits per heavy atom. The van der Waals surface area contributed by atoms with Crippen molar-refractivity contribution < 1.29 is 57.0 Å². The third-order valence-corrected chi connectivity index (χ3v) is 11.4. The fourth-order valence-corrected chi connectivity index (χ4v) is 7.65. The summed E-state index contributed by atoms with van der Waals surface area (Å²) in [7, 11) is -5.12. The standard InChI is InChI=1S/C47H85NO12S/c1-3-5-7-9-11-13-14-15-16-17-18-19-20-21-22-23-24-25-26-27-28-30-32-34-36-41(51)46(54)48-39(40(50)35-33-31-29-12-10-8-6-4-2)38-58-47-44(53)45(60-61(55,56)57)43(52)42(37-49)59-47/h10,12,18-19,21-22,33,35,39-45,47,49-53H,3-9,11,13-17,20,23-32,34,36-38H2,1-2H3,(H,48,54)(H,55,56,57)/b12-10+,19-18-,22-21-,35-33+. The Kier molecular flexibility index (Phi) is 35.0. The van der Waals surface area contributed by atoms with Crippen LogP contribution in [0.4, 0.5) is 0 Å². The second kappa shape index (κ2) is 37.4. The minimum atomic E-state index is -5.12. The number of nitrogens with one attached hydrogen (secondary N) is 1. The highest BCUT2D eigenvalue weighted by Crippen LogP contribution is 2.26. The fourth-order valence-electron chi connectivity index (χ4n) is 7.14. The summed E-state index contributed by atoms with van der Waals surface area (Å²) in [6.07, 6.45) is 33.8. The van der Waals surface area contributed by atoms with Gasteiger partial charge in [-0.15, -0.1) is 0 Å². The van der Waals surface area contributed by atoms with Crippen molar-refractivity contribution in [3.05, 3.63) is 48.6 Å². The predicted octanol–water partition coefficient (Wildman–Crippen LogP) is 8.24. The first-order chi connectivity index (χ1) is 29.4. The summed E-state index contributed by atoms with van der Waals surface area (Å²) < 4.78 is 47.3. The van der Waals surface area contributed by atoms with Gasteiger partial charge in [0.05, 0.1) is 25.4 Å². The number of carbonyl (C=O) groups is 1. The monoisotopic (exact) mass is 888 g/mol. The summed E-state index contributed by atoms with van der Waals surface area (Å²) in [5, 5.41) is 54.9. The number of amides is 1. The Morgan fingerprint density at radius 1 is 0.672 bits per heavy atom. The van der Waals surface area contributed by atoms with Crippen LogP contribution in [-0.4, -0.2) is 107 Å². The van der Waals surface area contributed by atoms with Gasteiger partial charge < -0.3 is 40.3 Å². The predicted molar refractivity (Wildman–Crippen MR) is 242 cm³/mol. The molecule has 356 valence electrons. The average molecular weight is 888 g/mol. The van der Waals surface area contributed by atoms with Crippen molar-refractivity contribution in [3.63, 3.8) is 0 Å². The van der Waals surface area contributed by atoms with Gasteiger partial charge in [0.25, 0.3) is 0 Å². The third kappa shape index (κ3) is 29.9. The Morgan fingerprint density at radius 3 is 1.72 bits per heavy atom. The zero-order chi connectivity index (χ0) is 45.0. The van der Waals surface area contributed by atoms with Gasteiger partial charge in [0.1, 0.15) is 30.5 Å². The molecule has 1 heterocycles. The van der Waals surface area contributed by atoms with Crippen LogP contribution in [0, 0.1) is 0 Å².